The van der Waals surface area contributed by atoms with Gasteiger partial charge in [-0.25, -0.2) is 24.5 Å². The average Bonchev–Trinajstić information content (AvgIpc) is 1.61. The van der Waals surface area contributed by atoms with Crippen molar-refractivity contribution in [3.63, 3.8) is 0 Å². The molecule has 3 unspecified atom stereocenters. The van der Waals surface area contributed by atoms with Gasteiger partial charge in [-0.1, -0.05) is 41.5 Å². The molecule has 109 heavy (non-hydrogen) atoms. The Bertz CT molecular complexity index is 5380. The van der Waals surface area contributed by atoms with Crippen molar-refractivity contribution < 1.29 is 56.4 Å². The molecule has 12 aromatic heterocycles. The van der Waals surface area contributed by atoms with Crippen molar-refractivity contribution in [1.29, 1.82) is 0 Å². The smallest absolute Gasteiger partial charge is 0.330 e. The molecule has 2 fully saturated rings. The lowest BCUT2D eigenvalue weighted by Crippen LogP contribution is -2.51. The summed E-state index contributed by atoms with van der Waals surface area (Å²) in [7, 11) is 4.68. The lowest BCUT2D eigenvalue weighted by molar-refractivity contribution is -0.146. The highest BCUT2D eigenvalue weighted by atomic mass is 16.5. The minimum absolute atomic E-state index is 0.00888. The van der Waals surface area contributed by atoms with Gasteiger partial charge in [-0.2, -0.15) is 43.8 Å². The molecule has 0 radical (unpaired) electrons. The summed E-state index contributed by atoms with van der Waals surface area (Å²) >= 11 is 0. The van der Waals surface area contributed by atoms with Crippen LogP contribution in [0.2, 0.25) is 0 Å². The number of anilines is 5. The number of nitrogens with zero attached hydrogens (tertiary/aromatic N) is 21. The van der Waals surface area contributed by atoms with E-state index >= 15 is 0 Å². The molecule has 2 aliphatic rings. The van der Waals surface area contributed by atoms with Crippen molar-refractivity contribution in [3.05, 3.63) is 122 Å². The van der Waals surface area contributed by atoms with Crippen LogP contribution in [0.4, 0.5) is 29.2 Å². The van der Waals surface area contributed by atoms with Crippen LogP contribution in [0.15, 0.2) is 136 Å². The number of amides is 1. The standard InChI is InChI=1S/C28H33N9O4.C16H17N7O3.C15H15N7O3.C13H20N2O2/c1-18(2)23(27(38)35-12-10-34(11-13-35)19-6-8-20(9-7-19)40-16-15-39-3)36-17-21-24(32-36)31-28(29)37-26(21)30-25(33-37)22-5-4-14-41-22;1-8(2)11(15(24)25-3)22-7-9-12(20-22)19-16(17)23-14(9)18-13(21-23)10-5-4-6-26-10;1-7(2)10(14(23)24)21-6-8-11(19-21)18-15(16)22-13(8)17-12(20-22)9-4-3-5-25-9;1-16-10-11-17-13-4-2-12(3-5-13)15-8-6-14-7-9-15/h4-9,14,17-18,23H,10-13,15-16H2,1-3H3,(H2,29,31,32);4-8,11H,1-3H3,(H2,17,19,20);3-7,10H,1-2H3,(H,23,24)(H2,16,18,19);2-5,14H,6-11H2,1H3. The third kappa shape index (κ3) is 16.2. The Morgan fingerprint density at radius 2 is 0.835 bits per heavy atom. The second-order valence-electron chi connectivity index (χ2n) is 26.5. The summed E-state index contributed by atoms with van der Waals surface area (Å²) in [5.41, 5.74) is 23.0. The topological polar surface area (TPSA) is 440 Å². The lowest BCUT2D eigenvalue weighted by Gasteiger charge is -2.38. The van der Waals surface area contributed by atoms with Gasteiger partial charge in [0.1, 0.15) is 30.8 Å². The van der Waals surface area contributed by atoms with E-state index in [1.165, 1.54) is 42.0 Å². The minimum Gasteiger partial charge on any atom is -0.491 e. The van der Waals surface area contributed by atoms with Gasteiger partial charge in [-0.3, -0.25) is 18.8 Å². The zero-order valence-electron chi connectivity index (χ0n) is 61.6. The number of nitrogens with one attached hydrogen (secondary N) is 1. The monoisotopic (exact) mass is 1490 g/mol. The molecule has 570 valence electrons. The molecule has 37 heteroatoms. The number of carbonyl (C=O) groups excluding carboxylic acids is 2. The highest BCUT2D eigenvalue weighted by Crippen LogP contribution is 2.32. The van der Waals surface area contributed by atoms with Crippen LogP contribution in [-0.2, 0) is 28.6 Å². The van der Waals surface area contributed by atoms with Crippen LogP contribution in [0.3, 0.4) is 0 Å². The number of rotatable bonds is 22. The van der Waals surface area contributed by atoms with Crippen molar-refractivity contribution in [3.8, 4) is 46.3 Å². The zero-order valence-corrected chi connectivity index (χ0v) is 61.6. The van der Waals surface area contributed by atoms with Gasteiger partial charge < -0.3 is 79.3 Å². The van der Waals surface area contributed by atoms with Crippen molar-refractivity contribution in [2.45, 2.75) is 59.7 Å². The Morgan fingerprint density at radius 3 is 1.17 bits per heavy atom. The van der Waals surface area contributed by atoms with E-state index in [1.807, 2.05) is 89.0 Å². The zero-order chi connectivity index (χ0) is 76.6. The first-order chi connectivity index (χ1) is 52.8. The third-order valence-electron chi connectivity index (χ3n) is 18.1. The van der Waals surface area contributed by atoms with Gasteiger partial charge in [-0.05, 0) is 103 Å². The summed E-state index contributed by atoms with van der Waals surface area (Å²) in [6, 6.07) is 24.9. The predicted molar refractivity (Wildman–Crippen MR) is 401 cm³/mol. The van der Waals surface area contributed by atoms with Crippen LogP contribution in [0.25, 0.3) is 84.8 Å². The normalized spacial score (nSPS) is 14.1. The van der Waals surface area contributed by atoms with E-state index in [2.05, 4.69) is 87.7 Å². The molecule has 2 aromatic carbocycles. The number of furan rings is 3. The van der Waals surface area contributed by atoms with Gasteiger partial charge in [-0.15, -0.1) is 15.3 Å². The van der Waals surface area contributed by atoms with Crippen LogP contribution in [0.1, 0.15) is 59.7 Å². The first-order valence-electron chi connectivity index (χ1n) is 35.4. The SMILES string of the molecule is CC(C)C(C(=O)O)n1cc2c(nc(N)n3nc(-c4ccco4)nc23)n1.COC(=O)C(C(C)C)n1cc2c(nc(N)n3nc(-c4ccco4)nc23)n1.COCCOc1ccc(N2CCN(C(=O)C(C(C)C)n3cc4c(nc(N)n5nc(-c6ccco6)nc45)n3)CC2)cc1.COCCOc1ccc(N2CCNCC2)cc1. The first-order valence-corrected chi connectivity index (χ1v) is 35.4. The molecule has 0 spiro atoms. The fraction of sp³-hybridized carbons (Fsp3) is 0.375. The van der Waals surface area contributed by atoms with E-state index in [-0.39, 0.29) is 47.5 Å². The summed E-state index contributed by atoms with van der Waals surface area (Å²) in [5, 5.41) is 41.1. The van der Waals surface area contributed by atoms with Crippen LogP contribution < -0.4 is 41.8 Å². The summed E-state index contributed by atoms with van der Waals surface area (Å²) in [6.07, 6.45) is 9.75. The molecule has 0 aliphatic carbocycles. The minimum atomic E-state index is -0.968. The maximum atomic E-state index is 13.8. The fourth-order valence-electron chi connectivity index (χ4n) is 12.7. The number of esters is 1. The number of fused-ring (bicyclic) bond motifs is 9. The maximum Gasteiger partial charge on any atom is 0.330 e. The van der Waals surface area contributed by atoms with Crippen LogP contribution in [-0.4, -0.2) is 216 Å². The van der Waals surface area contributed by atoms with E-state index in [1.54, 1.807) is 80.2 Å². The number of methoxy groups -OCH3 is 3. The van der Waals surface area contributed by atoms with Gasteiger partial charge in [0.25, 0.3) is 0 Å². The fourth-order valence-corrected chi connectivity index (χ4v) is 12.7. The van der Waals surface area contributed by atoms with Crippen molar-refractivity contribution in [2.75, 3.05) is 127 Å². The summed E-state index contributed by atoms with van der Waals surface area (Å²) in [6.45, 7) is 20.7. The number of nitrogen functional groups attached to an aromatic ring is 3. The molecule has 0 saturated carbocycles. The third-order valence-corrected chi connectivity index (χ3v) is 18.1. The van der Waals surface area contributed by atoms with Crippen molar-refractivity contribution >= 4 is 97.1 Å². The molecule has 16 rings (SSSR count). The van der Waals surface area contributed by atoms with Gasteiger partial charge in [0.05, 0.1) is 55.3 Å². The molecule has 2 aliphatic heterocycles. The van der Waals surface area contributed by atoms with E-state index < -0.39 is 24.1 Å². The first kappa shape index (κ1) is 74.5. The highest BCUT2D eigenvalue weighted by molar-refractivity contribution is 5.93. The summed E-state index contributed by atoms with van der Waals surface area (Å²) < 4.78 is 51.1. The van der Waals surface area contributed by atoms with Gasteiger partial charge in [0.2, 0.25) is 41.2 Å². The summed E-state index contributed by atoms with van der Waals surface area (Å²) in [4.78, 5) is 70.6. The molecule has 2 saturated heterocycles. The number of aromatic nitrogens is 18. The lowest BCUT2D eigenvalue weighted by atomic mass is 10.0. The number of carboxylic acid groups (broad SMARTS) is 1. The molecule has 14 heterocycles. The second kappa shape index (κ2) is 32.9. The molecule has 14 aromatic rings. The molecule has 8 N–H and O–H groups in total. The number of hydrogen-bond acceptors (Lipinski definition) is 29. The van der Waals surface area contributed by atoms with Crippen LogP contribution in [0.5, 0.6) is 11.5 Å². The number of hydrogen-bond donors (Lipinski definition) is 5. The number of piperazine rings is 2. The average molecular weight is 1490 g/mol. The quantitative estimate of drug-likeness (QED) is 0.0328. The Morgan fingerprint density at radius 1 is 0.468 bits per heavy atom. The Balaban J connectivity index is 0.000000134. The molecule has 1 amide bonds. The van der Waals surface area contributed by atoms with Crippen molar-refractivity contribution in [2.24, 2.45) is 17.8 Å². The van der Waals surface area contributed by atoms with E-state index in [9.17, 15) is 19.5 Å². The van der Waals surface area contributed by atoms with E-state index in [4.69, 9.17) is 54.1 Å². The second-order valence-corrected chi connectivity index (χ2v) is 26.5. The van der Waals surface area contributed by atoms with Crippen LogP contribution >= 0.6 is 0 Å². The highest BCUT2D eigenvalue weighted by Gasteiger charge is 2.34. The van der Waals surface area contributed by atoms with Gasteiger partial charge >= 0.3 is 11.9 Å². The van der Waals surface area contributed by atoms with Crippen LogP contribution in [0, 0.1) is 17.8 Å². The molecular formula is C72H85N25O12. The molecule has 3 atom stereocenters. The summed E-state index contributed by atoms with van der Waals surface area (Å²) in [5.74, 6) is 3.27. The predicted octanol–water partition coefficient (Wildman–Crippen LogP) is 7.29. The van der Waals surface area contributed by atoms with E-state index in [0.717, 1.165) is 56.5 Å². The Labute approximate surface area is 622 Å². The largest absolute Gasteiger partial charge is 0.491 e. The molecule has 37 nitrogen and oxygen atoms in total. The Kier molecular flexibility index (Phi) is 22.5. The maximum absolute atomic E-state index is 13.8. The number of aliphatic carboxylic acids is 1. The number of nitrogens with two attached hydrogens (primary N) is 3. The Hall–Kier alpha value is -12.8. The number of benzene rings is 2. The van der Waals surface area contributed by atoms with Crippen molar-refractivity contribution in [1.82, 2.24) is 98.3 Å². The van der Waals surface area contributed by atoms with Gasteiger partial charge in [0.15, 0.2) is 63.2 Å². The number of carboxylic acids is 1. The van der Waals surface area contributed by atoms with E-state index in [0.29, 0.717) is 124 Å². The van der Waals surface area contributed by atoms with Gasteiger partial charge in [0, 0.05) is 96.5 Å². The molecular weight excluding hydrogens is 1410 g/mol. The number of ether oxygens (including phenoxy) is 5. The molecule has 0 bridgehead atoms. The number of carbonyl (C=O) groups is 3.